The first-order valence-corrected chi connectivity index (χ1v) is 6.81. The molecule has 98 valence electrons. The molecule has 3 nitrogen and oxygen atoms in total. The number of nitrogens with one attached hydrogen (secondary N) is 1. The van der Waals surface area contributed by atoms with E-state index in [1.165, 1.54) is 6.42 Å². The van der Waals surface area contributed by atoms with Crippen LogP contribution in [0, 0.1) is 5.92 Å². The number of benzene rings is 1. The zero-order valence-electron chi connectivity index (χ0n) is 11.3. The van der Waals surface area contributed by atoms with E-state index in [9.17, 15) is 4.79 Å². The van der Waals surface area contributed by atoms with Gasteiger partial charge in [-0.05, 0) is 43.0 Å². The predicted molar refractivity (Wildman–Crippen MR) is 76.0 cm³/mol. The van der Waals surface area contributed by atoms with Gasteiger partial charge in [0.15, 0.2) is 0 Å². The molecule has 1 N–H and O–H groups in total. The maximum absolute atomic E-state index is 11.6. The van der Waals surface area contributed by atoms with Crippen molar-refractivity contribution in [2.24, 2.45) is 5.92 Å². The van der Waals surface area contributed by atoms with Gasteiger partial charge >= 0.3 is 0 Å². The third kappa shape index (κ3) is 3.25. The van der Waals surface area contributed by atoms with Crippen molar-refractivity contribution in [3.05, 3.63) is 24.3 Å². The summed E-state index contributed by atoms with van der Waals surface area (Å²) < 4.78 is 0. The van der Waals surface area contributed by atoms with Gasteiger partial charge in [-0.3, -0.25) is 4.79 Å². The van der Waals surface area contributed by atoms with Crippen molar-refractivity contribution in [2.45, 2.75) is 33.1 Å². The van der Waals surface area contributed by atoms with Crippen LogP contribution in [-0.2, 0) is 4.79 Å². The van der Waals surface area contributed by atoms with Crippen LogP contribution < -0.4 is 10.2 Å². The maximum Gasteiger partial charge on any atom is 0.227 e. The summed E-state index contributed by atoms with van der Waals surface area (Å²) in [6.07, 6.45) is 2.84. The molecule has 0 radical (unpaired) electrons. The zero-order chi connectivity index (χ0) is 13.0. The van der Waals surface area contributed by atoms with Crippen LogP contribution in [0.25, 0.3) is 0 Å². The molecule has 0 spiro atoms. The summed E-state index contributed by atoms with van der Waals surface area (Å²) >= 11 is 0. The van der Waals surface area contributed by atoms with E-state index in [1.807, 2.05) is 17.0 Å². The van der Waals surface area contributed by atoms with Gasteiger partial charge in [-0.25, -0.2) is 0 Å². The predicted octanol–water partition coefficient (Wildman–Crippen LogP) is 3.27. The molecule has 1 aromatic rings. The minimum atomic E-state index is 0.246. The minimum absolute atomic E-state index is 0.246. The molecule has 0 aromatic heterocycles. The van der Waals surface area contributed by atoms with Crippen molar-refractivity contribution < 1.29 is 4.79 Å². The van der Waals surface area contributed by atoms with E-state index in [4.69, 9.17) is 0 Å². The second-order valence-electron chi connectivity index (χ2n) is 5.31. The van der Waals surface area contributed by atoms with Gasteiger partial charge in [-0.15, -0.1) is 0 Å². The first kappa shape index (κ1) is 12.9. The van der Waals surface area contributed by atoms with Crippen molar-refractivity contribution in [1.82, 2.24) is 0 Å². The lowest BCUT2D eigenvalue weighted by atomic mass is 10.1. The fraction of sp³-hybridized carbons (Fsp3) is 0.533. The van der Waals surface area contributed by atoms with E-state index in [-0.39, 0.29) is 5.91 Å². The van der Waals surface area contributed by atoms with Crippen molar-refractivity contribution >= 4 is 17.3 Å². The molecule has 0 aliphatic carbocycles. The average molecular weight is 246 g/mol. The Bertz CT molecular complexity index is 397. The second-order valence-corrected chi connectivity index (χ2v) is 5.31. The summed E-state index contributed by atoms with van der Waals surface area (Å²) in [5, 5.41) is 3.40. The van der Waals surface area contributed by atoms with E-state index >= 15 is 0 Å². The van der Waals surface area contributed by atoms with Gasteiger partial charge in [0.1, 0.15) is 0 Å². The SMILES string of the molecule is CC(C)CCNc1ccc(N2CCCC2=O)cc1. The number of amides is 1. The number of anilines is 2. The second kappa shape index (κ2) is 5.89. The van der Waals surface area contributed by atoms with Gasteiger partial charge in [-0.1, -0.05) is 13.8 Å². The lowest BCUT2D eigenvalue weighted by Crippen LogP contribution is -2.23. The molecule has 1 aliphatic heterocycles. The highest BCUT2D eigenvalue weighted by molar-refractivity contribution is 5.95. The summed E-state index contributed by atoms with van der Waals surface area (Å²) in [6.45, 7) is 6.31. The molecule has 1 aliphatic rings. The average Bonchev–Trinajstić information content (AvgIpc) is 2.76. The largest absolute Gasteiger partial charge is 0.385 e. The Hall–Kier alpha value is -1.51. The monoisotopic (exact) mass is 246 g/mol. The molecule has 0 unspecified atom stereocenters. The Morgan fingerprint density at radius 3 is 2.56 bits per heavy atom. The van der Waals surface area contributed by atoms with Crippen LogP contribution >= 0.6 is 0 Å². The van der Waals surface area contributed by atoms with Crippen molar-refractivity contribution in [3.8, 4) is 0 Å². The third-order valence-electron chi connectivity index (χ3n) is 3.30. The molecular weight excluding hydrogens is 224 g/mol. The minimum Gasteiger partial charge on any atom is -0.385 e. The van der Waals surface area contributed by atoms with Gasteiger partial charge in [0.2, 0.25) is 5.91 Å². The van der Waals surface area contributed by atoms with Gasteiger partial charge < -0.3 is 10.2 Å². The van der Waals surface area contributed by atoms with E-state index in [1.54, 1.807) is 0 Å². The fourth-order valence-corrected chi connectivity index (χ4v) is 2.19. The molecule has 1 fully saturated rings. The standard InChI is InChI=1S/C15H22N2O/c1-12(2)9-10-16-13-5-7-14(8-6-13)17-11-3-4-15(17)18/h5-8,12,16H,3-4,9-11H2,1-2H3. The summed E-state index contributed by atoms with van der Waals surface area (Å²) in [5.41, 5.74) is 2.15. The Kier molecular flexibility index (Phi) is 4.24. The molecule has 1 heterocycles. The van der Waals surface area contributed by atoms with Crippen molar-refractivity contribution in [1.29, 1.82) is 0 Å². The number of carbonyl (C=O) groups excluding carboxylic acids is 1. The summed E-state index contributed by atoms with van der Waals surface area (Å²) in [6, 6.07) is 8.17. The van der Waals surface area contributed by atoms with E-state index in [2.05, 4.69) is 31.3 Å². The molecule has 3 heteroatoms. The lowest BCUT2D eigenvalue weighted by Gasteiger charge is -2.16. The summed E-state index contributed by atoms with van der Waals surface area (Å²) in [4.78, 5) is 13.5. The van der Waals surface area contributed by atoms with Gasteiger partial charge in [0.25, 0.3) is 0 Å². The molecule has 0 saturated carbocycles. The van der Waals surface area contributed by atoms with E-state index in [0.29, 0.717) is 6.42 Å². The Morgan fingerprint density at radius 1 is 1.28 bits per heavy atom. The molecule has 18 heavy (non-hydrogen) atoms. The Labute approximate surface area is 109 Å². The maximum atomic E-state index is 11.6. The number of rotatable bonds is 5. The van der Waals surface area contributed by atoms with E-state index in [0.717, 1.165) is 36.8 Å². The number of hydrogen-bond donors (Lipinski definition) is 1. The molecular formula is C15H22N2O. The topological polar surface area (TPSA) is 32.3 Å². The Balaban J connectivity index is 1.91. The molecule has 0 atom stereocenters. The van der Waals surface area contributed by atoms with Crippen LogP contribution in [0.15, 0.2) is 24.3 Å². The molecule has 1 aromatic carbocycles. The summed E-state index contributed by atoms with van der Waals surface area (Å²) in [7, 11) is 0. The highest BCUT2D eigenvalue weighted by Crippen LogP contribution is 2.23. The number of carbonyl (C=O) groups is 1. The smallest absolute Gasteiger partial charge is 0.227 e. The Morgan fingerprint density at radius 2 is 2.00 bits per heavy atom. The van der Waals surface area contributed by atoms with Crippen LogP contribution in [0.5, 0.6) is 0 Å². The fourth-order valence-electron chi connectivity index (χ4n) is 2.19. The molecule has 1 saturated heterocycles. The van der Waals surface area contributed by atoms with Gasteiger partial charge in [0, 0.05) is 30.9 Å². The van der Waals surface area contributed by atoms with Crippen molar-refractivity contribution in [2.75, 3.05) is 23.3 Å². The quantitative estimate of drug-likeness (QED) is 0.864. The van der Waals surface area contributed by atoms with Gasteiger partial charge in [-0.2, -0.15) is 0 Å². The molecule has 0 bridgehead atoms. The number of hydrogen-bond acceptors (Lipinski definition) is 2. The highest BCUT2D eigenvalue weighted by Gasteiger charge is 2.21. The van der Waals surface area contributed by atoms with Crippen LogP contribution in [0.2, 0.25) is 0 Å². The van der Waals surface area contributed by atoms with E-state index < -0.39 is 0 Å². The van der Waals surface area contributed by atoms with Gasteiger partial charge in [0.05, 0.1) is 0 Å². The summed E-state index contributed by atoms with van der Waals surface area (Å²) in [5.74, 6) is 0.967. The first-order chi connectivity index (χ1) is 8.66. The first-order valence-electron chi connectivity index (χ1n) is 6.81. The van der Waals surface area contributed by atoms with Crippen LogP contribution in [-0.4, -0.2) is 19.0 Å². The zero-order valence-corrected chi connectivity index (χ0v) is 11.3. The van der Waals surface area contributed by atoms with Crippen LogP contribution in [0.3, 0.4) is 0 Å². The highest BCUT2D eigenvalue weighted by atomic mass is 16.2. The lowest BCUT2D eigenvalue weighted by molar-refractivity contribution is -0.117. The number of nitrogens with zero attached hydrogens (tertiary/aromatic N) is 1. The molecule has 1 amide bonds. The normalized spacial score (nSPS) is 15.5. The van der Waals surface area contributed by atoms with Crippen LogP contribution in [0.4, 0.5) is 11.4 Å². The molecule has 2 rings (SSSR count). The van der Waals surface area contributed by atoms with Crippen LogP contribution in [0.1, 0.15) is 33.1 Å². The third-order valence-corrected chi connectivity index (χ3v) is 3.30. The van der Waals surface area contributed by atoms with Crippen molar-refractivity contribution in [3.63, 3.8) is 0 Å².